The van der Waals surface area contributed by atoms with Crippen LogP contribution in [-0.2, 0) is 0 Å². The van der Waals surface area contributed by atoms with Crippen LogP contribution in [0.5, 0.6) is 0 Å². The number of aromatic nitrogens is 3. The maximum absolute atomic E-state index is 4.28. The van der Waals surface area contributed by atoms with E-state index in [1.165, 1.54) is 6.34 Å². The van der Waals surface area contributed by atoms with Crippen molar-refractivity contribution in [3.8, 4) is 11.1 Å². The lowest BCUT2D eigenvalue weighted by Crippen LogP contribution is -2.45. The number of nitrogens with one attached hydrogen (secondary N) is 1. The van der Waals surface area contributed by atoms with Gasteiger partial charge in [-0.25, -0.2) is 10.1 Å². The van der Waals surface area contributed by atoms with Crippen LogP contribution in [0.15, 0.2) is 57.7 Å². The van der Waals surface area contributed by atoms with Crippen LogP contribution in [0.4, 0.5) is 5.82 Å². The number of aromatic amines is 1. The van der Waals surface area contributed by atoms with Crippen molar-refractivity contribution in [1.82, 2.24) is 19.7 Å². The zero-order valence-corrected chi connectivity index (χ0v) is 10.4. The number of nitrogens with zero attached hydrogens (tertiary/aromatic N) is 6. The number of H-pyrrole nitrogens is 1. The van der Waals surface area contributed by atoms with Crippen LogP contribution in [0.2, 0.25) is 0 Å². The summed E-state index contributed by atoms with van der Waals surface area (Å²) in [5, 5.41) is 7.19. The Morgan fingerprint density at radius 1 is 1.10 bits per heavy atom. The Balaban J connectivity index is 1.91. The van der Waals surface area contributed by atoms with E-state index in [2.05, 4.69) is 30.2 Å². The van der Waals surface area contributed by atoms with Crippen molar-refractivity contribution in [1.29, 1.82) is 0 Å². The van der Waals surface area contributed by atoms with Gasteiger partial charge in [0.1, 0.15) is 12.5 Å². The minimum absolute atomic E-state index is 0.209. The van der Waals surface area contributed by atoms with E-state index in [1.807, 2.05) is 12.1 Å². The number of hydrogen-bond acceptors (Lipinski definition) is 5. The highest BCUT2D eigenvalue weighted by Gasteiger charge is 2.42. The average molecular weight is 264 g/mol. The molecule has 0 saturated heterocycles. The molecule has 0 saturated carbocycles. The zero-order valence-electron chi connectivity index (χ0n) is 10.4. The van der Waals surface area contributed by atoms with E-state index in [9.17, 15) is 0 Å². The van der Waals surface area contributed by atoms with E-state index in [0.29, 0.717) is 0 Å². The highest BCUT2D eigenvalue weighted by Crippen LogP contribution is 2.36. The molecule has 0 bridgehead atoms. The highest BCUT2D eigenvalue weighted by molar-refractivity contribution is 6.03. The van der Waals surface area contributed by atoms with Gasteiger partial charge in [0, 0.05) is 18.0 Å². The van der Waals surface area contributed by atoms with Gasteiger partial charge >= 0.3 is 0 Å². The monoisotopic (exact) mass is 264 g/mol. The Labute approximate surface area is 114 Å². The topological polar surface area (TPSA) is 78.6 Å². The maximum Gasteiger partial charge on any atom is 0.266 e. The van der Waals surface area contributed by atoms with Crippen molar-refractivity contribution in [2.45, 2.75) is 0 Å². The van der Waals surface area contributed by atoms with Crippen LogP contribution < -0.4 is 4.48 Å². The fourth-order valence-corrected chi connectivity index (χ4v) is 2.33. The first-order valence-electron chi connectivity index (χ1n) is 6.05. The van der Waals surface area contributed by atoms with Crippen LogP contribution in [0.1, 0.15) is 0 Å². The first kappa shape index (κ1) is 10.9. The lowest BCUT2D eigenvalue weighted by Gasteiger charge is -2.24. The predicted molar refractivity (Wildman–Crippen MR) is 77.2 cm³/mol. The lowest BCUT2D eigenvalue weighted by molar-refractivity contribution is 0.721. The number of fused-ring (bicyclic) bond motifs is 1. The van der Waals surface area contributed by atoms with Crippen molar-refractivity contribution >= 4 is 24.8 Å². The van der Waals surface area contributed by atoms with Crippen LogP contribution in [0, 0.1) is 0 Å². The fourth-order valence-electron chi connectivity index (χ4n) is 2.33. The Morgan fingerprint density at radius 2 is 2.05 bits per heavy atom. The number of hydrogen-bond donors (Lipinski definition) is 1. The summed E-state index contributed by atoms with van der Waals surface area (Å²) in [5.74, 6) is 1.61. The molecule has 4 rings (SSSR count). The van der Waals surface area contributed by atoms with E-state index < -0.39 is 0 Å². The average Bonchev–Trinajstić information content (AvgIpc) is 3.15. The summed E-state index contributed by atoms with van der Waals surface area (Å²) in [6.07, 6.45) is 12.1. The van der Waals surface area contributed by atoms with Gasteiger partial charge in [0.2, 0.25) is 18.5 Å². The largest absolute Gasteiger partial charge is 0.266 e. The summed E-state index contributed by atoms with van der Waals surface area (Å²) in [5.41, 5.74) is 1.92. The predicted octanol–water partition coefficient (Wildman–Crippen LogP) is 1.69. The van der Waals surface area contributed by atoms with Crippen molar-refractivity contribution in [3.63, 3.8) is 0 Å². The SMILES string of the molecule is C1=NC=NC2=CN=C[N+]12c1[nH]ncc1-c1cccnc1. The van der Waals surface area contributed by atoms with Crippen LogP contribution in [-0.4, -0.2) is 34.2 Å². The fraction of sp³-hybridized carbons (Fsp3) is 0. The van der Waals surface area contributed by atoms with Crippen molar-refractivity contribution in [3.05, 3.63) is 42.7 Å². The molecule has 1 unspecified atom stereocenters. The van der Waals surface area contributed by atoms with Gasteiger partial charge in [0.05, 0.1) is 11.8 Å². The standard InChI is InChI=1S/C13H10N7/c1-2-10(4-14-3-1)11-5-18-19-13(11)20-8-15-6-12(20)17-7-16-9-20/h1-9H,(H,18,19)/q+1. The van der Waals surface area contributed by atoms with Gasteiger partial charge in [-0.1, -0.05) is 6.07 Å². The van der Waals surface area contributed by atoms with Gasteiger partial charge in [-0.05, 0) is 6.07 Å². The van der Waals surface area contributed by atoms with Crippen LogP contribution in [0.25, 0.3) is 11.1 Å². The molecular formula is C13H10N7+. The first-order valence-corrected chi connectivity index (χ1v) is 6.05. The maximum atomic E-state index is 4.28. The van der Waals surface area contributed by atoms with Crippen molar-refractivity contribution in [2.24, 2.45) is 15.0 Å². The number of quaternary nitrogens is 1. The Kier molecular flexibility index (Phi) is 2.21. The van der Waals surface area contributed by atoms with Gasteiger partial charge in [0.15, 0.2) is 0 Å². The molecule has 2 aliphatic rings. The van der Waals surface area contributed by atoms with E-state index in [4.69, 9.17) is 0 Å². The minimum atomic E-state index is 0.209. The summed E-state index contributed by atoms with van der Waals surface area (Å²) < 4.78 is 0.209. The Bertz CT molecular complexity index is 769. The number of pyridine rings is 1. The van der Waals surface area contributed by atoms with Gasteiger partial charge < -0.3 is 0 Å². The first-order chi connectivity index (χ1) is 9.90. The summed E-state index contributed by atoms with van der Waals surface area (Å²) in [4.78, 5) is 16.8. The van der Waals surface area contributed by atoms with Crippen molar-refractivity contribution < 1.29 is 0 Å². The second-order valence-corrected chi connectivity index (χ2v) is 4.41. The molecule has 96 valence electrons. The normalized spacial score (nSPS) is 22.9. The van der Waals surface area contributed by atoms with Gasteiger partial charge in [-0.2, -0.15) is 15.1 Å². The Morgan fingerprint density at radius 3 is 2.95 bits per heavy atom. The third kappa shape index (κ3) is 1.41. The molecule has 0 aromatic carbocycles. The summed E-state index contributed by atoms with van der Waals surface area (Å²) in [6.45, 7) is 0. The van der Waals surface area contributed by atoms with E-state index in [-0.39, 0.29) is 4.48 Å². The summed E-state index contributed by atoms with van der Waals surface area (Å²) in [7, 11) is 0. The molecule has 2 aromatic rings. The molecule has 7 nitrogen and oxygen atoms in total. The molecule has 2 aromatic heterocycles. The second kappa shape index (κ2) is 4.04. The molecular weight excluding hydrogens is 254 g/mol. The molecule has 0 amide bonds. The lowest BCUT2D eigenvalue weighted by atomic mass is 10.1. The summed E-state index contributed by atoms with van der Waals surface area (Å²) >= 11 is 0. The number of aliphatic imine (C=N–C) groups is 3. The molecule has 1 N–H and O–H groups in total. The molecule has 2 aliphatic heterocycles. The van der Waals surface area contributed by atoms with Gasteiger partial charge in [-0.3, -0.25) is 4.98 Å². The molecule has 1 atom stereocenters. The molecule has 20 heavy (non-hydrogen) atoms. The minimum Gasteiger partial charge on any atom is -0.264 e. The molecule has 7 heteroatoms. The van der Waals surface area contributed by atoms with E-state index >= 15 is 0 Å². The van der Waals surface area contributed by atoms with E-state index in [0.717, 1.165) is 22.8 Å². The third-order valence-electron chi connectivity index (χ3n) is 3.29. The van der Waals surface area contributed by atoms with Crippen molar-refractivity contribution in [2.75, 3.05) is 0 Å². The zero-order chi connectivity index (χ0) is 13.4. The molecule has 0 radical (unpaired) electrons. The Hall–Kier alpha value is -2.93. The molecule has 0 fully saturated rings. The highest BCUT2D eigenvalue weighted by atomic mass is 15.5. The quantitative estimate of drug-likeness (QED) is 0.838. The smallest absolute Gasteiger partial charge is 0.264 e. The van der Waals surface area contributed by atoms with E-state index in [1.54, 1.807) is 37.5 Å². The van der Waals surface area contributed by atoms with Crippen LogP contribution in [0.3, 0.4) is 0 Å². The summed E-state index contributed by atoms with van der Waals surface area (Å²) in [6, 6.07) is 3.88. The second-order valence-electron chi connectivity index (χ2n) is 4.41. The number of rotatable bonds is 2. The van der Waals surface area contributed by atoms with Gasteiger partial charge in [0.25, 0.3) is 5.82 Å². The van der Waals surface area contributed by atoms with Crippen LogP contribution >= 0.6 is 0 Å². The third-order valence-corrected chi connectivity index (χ3v) is 3.29. The van der Waals surface area contributed by atoms with Gasteiger partial charge in [-0.15, -0.1) is 4.48 Å². The molecule has 0 aliphatic carbocycles. The molecule has 0 spiro atoms. The molecule has 4 heterocycles.